The lowest BCUT2D eigenvalue weighted by molar-refractivity contribution is 0.484. The van der Waals surface area contributed by atoms with Gasteiger partial charge in [0.2, 0.25) is 5.71 Å². The van der Waals surface area contributed by atoms with E-state index >= 15 is 0 Å². The van der Waals surface area contributed by atoms with Crippen molar-refractivity contribution in [2.45, 2.75) is 25.4 Å². The zero-order valence-electron chi connectivity index (χ0n) is 18.1. The predicted octanol–water partition coefficient (Wildman–Crippen LogP) is 5.48. The molecule has 6 rings (SSSR count). The van der Waals surface area contributed by atoms with Crippen molar-refractivity contribution in [3.63, 3.8) is 0 Å². The zero-order valence-corrected chi connectivity index (χ0v) is 18.1. The minimum atomic E-state index is -0.277. The molecule has 0 spiro atoms. The number of halogens is 1. The maximum absolute atomic E-state index is 13.6. The average molecular weight is 439 g/mol. The Labute approximate surface area is 190 Å². The lowest BCUT2D eigenvalue weighted by atomic mass is 10.0. The summed E-state index contributed by atoms with van der Waals surface area (Å²) < 4.78 is 21.7. The summed E-state index contributed by atoms with van der Waals surface area (Å²) in [5, 5.41) is 9.24. The van der Waals surface area contributed by atoms with Crippen LogP contribution in [0.15, 0.2) is 77.6 Å². The molecule has 33 heavy (non-hydrogen) atoms. The van der Waals surface area contributed by atoms with Crippen LogP contribution in [0.5, 0.6) is 0 Å². The summed E-state index contributed by atoms with van der Waals surface area (Å²) in [6.45, 7) is 3.03. The molecule has 5 aromatic rings. The molecule has 3 aromatic heterocycles. The Morgan fingerprint density at radius 2 is 1.82 bits per heavy atom. The highest BCUT2D eigenvalue weighted by Crippen LogP contribution is 2.37. The topological polar surface area (TPSA) is 68.8 Å². The van der Waals surface area contributed by atoms with Crippen LogP contribution in [-0.4, -0.2) is 32.3 Å². The molecule has 0 saturated carbocycles. The van der Waals surface area contributed by atoms with E-state index in [0.717, 1.165) is 52.2 Å². The average Bonchev–Trinajstić information content (AvgIpc) is 3.58. The molecule has 164 valence electrons. The van der Waals surface area contributed by atoms with Gasteiger partial charge in [-0.3, -0.25) is 4.68 Å². The third-order valence-electron chi connectivity index (χ3n) is 6.19. The maximum Gasteiger partial charge on any atom is 0.230 e. The van der Waals surface area contributed by atoms with E-state index < -0.39 is 0 Å². The van der Waals surface area contributed by atoms with E-state index in [0.29, 0.717) is 11.8 Å². The van der Waals surface area contributed by atoms with Gasteiger partial charge < -0.3 is 9.73 Å². The van der Waals surface area contributed by atoms with Gasteiger partial charge >= 0.3 is 0 Å². The lowest BCUT2D eigenvalue weighted by Crippen LogP contribution is -2.17. The summed E-state index contributed by atoms with van der Waals surface area (Å²) in [6.07, 6.45) is 4.55. The van der Waals surface area contributed by atoms with Crippen LogP contribution in [0.2, 0.25) is 0 Å². The summed E-state index contributed by atoms with van der Waals surface area (Å²) in [5.74, 6) is 0.456. The molecule has 1 aliphatic heterocycles. The molecule has 1 aliphatic rings. The van der Waals surface area contributed by atoms with E-state index in [4.69, 9.17) is 9.52 Å². The van der Waals surface area contributed by atoms with Crippen LogP contribution < -0.4 is 5.32 Å². The number of furan rings is 1. The Kier molecular flexibility index (Phi) is 4.77. The van der Waals surface area contributed by atoms with Crippen molar-refractivity contribution in [1.82, 2.24) is 25.1 Å². The van der Waals surface area contributed by atoms with Gasteiger partial charge in [-0.2, -0.15) is 5.10 Å². The van der Waals surface area contributed by atoms with Gasteiger partial charge in [-0.15, -0.1) is 0 Å². The third kappa shape index (κ3) is 3.60. The van der Waals surface area contributed by atoms with Crippen molar-refractivity contribution in [3.05, 3.63) is 79.0 Å². The number of aromatic nitrogens is 4. The van der Waals surface area contributed by atoms with Crippen LogP contribution in [0.3, 0.4) is 0 Å². The number of hydrogen-bond acceptors (Lipinski definition) is 5. The molecule has 7 heteroatoms. The molecule has 2 aromatic carbocycles. The summed E-state index contributed by atoms with van der Waals surface area (Å²) in [5.41, 5.74) is 4.71. The third-order valence-corrected chi connectivity index (χ3v) is 6.19. The Hall–Kier alpha value is -3.84. The van der Waals surface area contributed by atoms with E-state index in [2.05, 4.69) is 22.2 Å². The second kappa shape index (κ2) is 7.94. The first-order valence-electron chi connectivity index (χ1n) is 11.0. The summed E-state index contributed by atoms with van der Waals surface area (Å²) in [7, 11) is 0. The first kappa shape index (κ1) is 19.8. The summed E-state index contributed by atoms with van der Waals surface area (Å²) in [6, 6.07) is 19.0. The normalized spacial score (nSPS) is 18.2. The summed E-state index contributed by atoms with van der Waals surface area (Å²) >= 11 is 0. The molecule has 2 atom stereocenters. The van der Waals surface area contributed by atoms with Gasteiger partial charge in [0, 0.05) is 35.5 Å². The van der Waals surface area contributed by atoms with Gasteiger partial charge in [-0.25, -0.2) is 14.4 Å². The van der Waals surface area contributed by atoms with E-state index in [1.165, 1.54) is 18.5 Å². The lowest BCUT2D eigenvalue weighted by Gasteiger charge is -2.08. The Morgan fingerprint density at radius 3 is 2.58 bits per heavy atom. The van der Waals surface area contributed by atoms with Crippen LogP contribution in [0.1, 0.15) is 19.4 Å². The molecule has 4 heterocycles. The number of benzene rings is 2. The van der Waals surface area contributed by atoms with Crippen molar-refractivity contribution < 1.29 is 8.81 Å². The molecule has 1 fully saturated rings. The standard InChI is InChI=1S/C26H22FN5O/c1-16-11-20(13-28-16)32-14-22(24(31-32)18-7-9-19(27)10-8-18)25-21-12-23(17-5-3-2-4-6-17)33-26(21)30-15-29-25/h2-10,12,14-16,20,28H,11,13H2,1H3/t16-,20+/m1/s1. The minimum absolute atomic E-state index is 0.245. The smallest absolute Gasteiger partial charge is 0.230 e. The number of nitrogens with zero attached hydrogens (tertiary/aromatic N) is 4. The molecule has 0 radical (unpaired) electrons. The molecule has 1 saturated heterocycles. The van der Waals surface area contributed by atoms with Crippen molar-refractivity contribution in [2.24, 2.45) is 0 Å². The van der Waals surface area contributed by atoms with Crippen LogP contribution in [0.4, 0.5) is 4.39 Å². The van der Waals surface area contributed by atoms with Crippen molar-refractivity contribution in [1.29, 1.82) is 0 Å². The van der Waals surface area contributed by atoms with Gasteiger partial charge in [0.15, 0.2) is 0 Å². The van der Waals surface area contributed by atoms with E-state index in [-0.39, 0.29) is 11.9 Å². The van der Waals surface area contributed by atoms with Crippen LogP contribution in [0.25, 0.3) is 44.9 Å². The van der Waals surface area contributed by atoms with Crippen LogP contribution in [-0.2, 0) is 0 Å². The highest BCUT2D eigenvalue weighted by molar-refractivity contribution is 5.95. The molecular weight excluding hydrogens is 417 g/mol. The Balaban J connectivity index is 1.52. The van der Waals surface area contributed by atoms with Gasteiger partial charge in [0.25, 0.3) is 0 Å². The van der Waals surface area contributed by atoms with Crippen molar-refractivity contribution in [3.8, 4) is 33.8 Å². The second-order valence-electron chi connectivity index (χ2n) is 8.49. The van der Waals surface area contributed by atoms with Gasteiger partial charge in [0.1, 0.15) is 23.6 Å². The molecular formula is C26H22FN5O. The number of rotatable bonds is 4. The second-order valence-corrected chi connectivity index (χ2v) is 8.49. The largest absolute Gasteiger partial charge is 0.438 e. The van der Waals surface area contributed by atoms with Gasteiger partial charge in [-0.05, 0) is 43.7 Å². The molecule has 0 aliphatic carbocycles. The predicted molar refractivity (Wildman–Crippen MR) is 125 cm³/mol. The van der Waals surface area contributed by atoms with Crippen LogP contribution >= 0.6 is 0 Å². The van der Waals surface area contributed by atoms with Crippen molar-refractivity contribution >= 4 is 11.1 Å². The van der Waals surface area contributed by atoms with Crippen molar-refractivity contribution in [2.75, 3.05) is 6.54 Å². The number of hydrogen-bond donors (Lipinski definition) is 1. The van der Waals surface area contributed by atoms with E-state index in [1.54, 1.807) is 12.1 Å². The van der Waals surface area contributed by atoms with Crippen LogP contribution in [0, 0.1) is 5.82 Å². The quantitative estimate of drug-likeness (QED) is 0.401. The molecule has 6 nitrogen and oxygen atoms in total. The highest BCUT2D eigenvalue weighted by Gasteiger charge is 2.26. The van der Waals surface area contributed by atoms with E-state index in [9.17, 15) is 4.39 Å². The molecule has 0 bridgehead atoms. The van der Waals surface area contributed by atoms with E-state index in [1.807, 2.05) is 47.3 Å². The SMILES string of the molecule is C[C@@H]1C[C@H](n2cc(-c3ncnc4oc(-c5ccccc5)cc34)c(-c3ccc(F)cc3)n2)CN1. The zero-order chi connectivity index (χ0) is 22.4. The first-order chi connectivity index (χ1) is 16.2. The van der Waals surface area contributed by atoms with Gasteiger partial charge in [-0.1, -0.05) is 30.3 Å². The summed E-state index contributed by atoms with van der Waals surface area (Å²) in [4.78, 5) is 8.99. The minimum Gasteiger partial charge on any atom is -0.438 e. The highest BCUT2D eigenvalue weighted by atomic mass is 19.1. The Morgan fingerprint density at radius 1 is 1.00 bits per heavy atom. The Bertz CT molecular complexity index is 1420. The molecule has 1 N–H and O–H groups in total. The molecule has 0 unspecified atom stereocenters. The number of fused-ring (bicyclic) bond motifs is 1. The maximum atomic E-state index is 13.6. The fraction of sp³-hybridized carbons (Fsp3) is 0.192. The monoisotopic (exact) mass is 439 g/mol. The fourth-order valence-electron chi connectivity index (χ4n) is 4.50. The van der Waals surface area contributed by atoms with Gasteiger partial charge in [0.05, 0.1) is 17.1 Å². The first-order valence-corrected chi connectivity index (χ1v) is 11.0. The fourth-order valence-corrected chi connectivity index (χ4v) is 4.50. The number of nitrogens with one attached hydrogen (secondary N) is 1. The molecule has 0 amide bonds.